The molecule has 0 aliphatic rings. The Kier molecular flexibility index (Phi) is 6.91. The molecule has 0 aliphatic heterocycles. The van der Waals surface area contributed by atoms with E-state index in [9.17, 15) is 0 Å². The van der Waals surface area contributed by atoms with Gasteiger partial charge in [0.1, 0.15) is 0 Å². The largest absolute Gasteiger partial charge is 0.330 e. The van der Waals surface area contributed by atoms with Crippen LogP contribution in [0, 0.1) is 6.92 Å². The van der Waals surface area contributed by atoms with E-state index in [2.05, 4.69) is 6.92 Å². The SMILES string of the molecule is [CH2]COC(OCC)OCC. The van der Waals surface area contributed by atoms with Gasteiger partial charge in [-0.3, -0.25) is 0 Å². The maximum Gasteiger partial charge on any atom is 0.271 e. The third-order valence-electron chi connectivity index (χ3n) is 0.859. The topological polar surface area (TPSA) is 27.7 Å². The molecule has 0 aliphatic carbocycles. The number of hydrogen-bond donors (Lipinski definition) is 0. The van der Waals surface area contributed by atoms with Crippen LogP contribution in [0.5, 0.6) is 0 Å². The minimum atomic E-state index is -0.535. The highest BCUT2D eigenvalue weighted by atomic mass is 16.8. The highest BCUT2D eigenvalue weighted by Gasteiger charge is 2.04. The summed E-state index contributed by atoms with van der Waals surface area (Å²) >= 11 is 0. The van der Waals surface area contributed by atoms with Crippen molar-refractivity contribution >= 4 is 0 Å². The van der Waals surface area contributed by atoms with Crippen LogP contribution in [0.15, 0.2) is 0 Å². The molecule has 61 valence electrons. The van der Waals surface area contributed by atoms with Gasteiger partial charge in [0.05, 0.1) is 6.61 Å². The van der Waals surface area contributed by atoms with Crippen LogP contribution in [0.25, 0.3) is 0 Å². The van der Waals surface area contributed by atoms with E-state index in [1.807, 2.05) is 13.8 Å². The highest BCUT2D eigenvalue weighted by molar-refractivity contribution is 4.30. The zero-order valence-electron chi connectivity index (χ0n) is 6.63. The summed E-state index contributed by atoms with van der Waals surface area (Å²) in [5.74, 6) is 0. The van der Waals surface area contributed by atoms with E-state index in [4.69, 9.17) is 14.2 Å². The van der Waals surface area contributed by atoms with Crippen molar-refractivity contribution in [3.63, 3.8) is 0 Å². The Morgan fingerprint density at radius 2 is 1.60 bits per heavy atom. The van der Waals surface area contributed by atoms with E-state index >= 15 is 0 Å². The summed E-state index contributed by atoms with van der Waals surface area (Å²) in [5, 5.41) is 0. The van der Waals surface area contributed by atoms with Crippen LogP contribution in [-0.4, -0.2) is 26.3 Å². The average Bonchev–Trinajstić information content (AvgIpc) is 1.90. The molecule has 0 atom stereocenters. The third-order valence-corrected chi connectivity index (χ3v) is 0.859. The molecule has 0 amide bonds. The predicted molar refractivity (Wildman–Crippen MR) is 38.3 cm³/mol. The van der Waals surface area contributed by atoms with Crippen molar-refractivity contribution in [3.8, 4) is 0 Å². The van der Waals surface area contributed by atoms with Crippen LogP contribution >= 0.6 is 0 Å². The van der Waals surface area contributed by atoms with Crippen molar-refractivity contribution in [3.05, 3.63) is 6.92 Å². The summed E-state index contributed by atoms with van der Waals surface area (Å²) in [6.07, 6.45) is 0. The first-order valence-corrected chi connectivity index (χ1v) is 3.49. The highest BCUT2D eigenvalue weighted by Crippen LogP contribution is 1.95. The van der Waals surface area contributed by atoms with E-state index in [0.717, 1.165) is 0 Å². The fraction of sp³-hybridized carbons (Fsp3) is 0.857. The molecule has 3 nitrogen and oxygen atoms in total. The first-order chi connectivity index (χ1) is 4.85. The van der Waals surface area contributed by atoms with E-state index in [-0.39, 0.29) is 0 Å². The molecular formula is C7H15O3. The Morgan fingerprint density at radius 1 is 1.10 bits per heavy atom. The lowest BCUT2D eigenvalue weighted by Gasteiger charge is -2.15. The Hall–Kier alpha value is -0.120. The van der Waals surface area contributed by atoms with Gasteiger partial charge in [-0.1, -0.05) is 0 Å². The minimum Gasteiger partial charge on any atom is -0.330 e. The van der Waals surface area contributed by atoms with E-state index in [1.165, 1.54) is 0 Å². The van der Waals surface area contributed by atoms with Crippen molar-refractivity contribution in [2.45, 2.75) is 20.3 Å². The molecule has 0 aromatic carbocycles. The molecule has 0 saturated heterocycles. The Balaban J connectivity index is 3.30. The maximum atomic E-state index is 5.04. The van der Waals surface area contributed by atoms with Gasteiger partial charge in [-0.15, -0.1) is 0 Å². The molecule has 0 rings (SSSR count). The zero-order chi connectivity index (χ0) is 7.82. The molecule has 0 bridgehead atoms. The Bertz CT molecular complexity index is 51.6. The van der Waals surface area contributed by atoms with Crippen LogP contribution < -0.4 is 0 Å². The molecular weight excluding hydrogens is 132 g/mol. The quantitative estimate of drug-likeness (QED) is 0.528. The van der Waals surface area contributed by atoms with Gasteiger partial charge < -0.3 is 14.2 Å². The summed E-state index contributed by atoms with van der Waals surface area (Å²) < 4.78 is 15.0. The van der Waals surface area contributed by atoms with E-state index in [1.54, 1.807) is 0 Å². The second kappa shape index (κ2) is 6.99. The van der Waals surface area contributed by atoms with Crippen LogP contribution in [0.4, 0.5) is 0 Å². The van der Waals surface area contributed by atoms with Gasteiger partial charge in [-0.05, 0) is 20.8 Å². The lowest BCUT2D eigenvalue weighted by Crippen LogP contribution is -2.20. The summed E-state index contributed by atoms with van der Waals surface area (Å²) in [6.45, 7) is 8.29. The fourth-order valence-corrected chi connectivity index (χ4v) is 0.513. The van der Waals surface area contributed by atoms with Gasteiger partial charge in [0.2, 0.25) is 0 Å². The summed E-state index contributed by atoms with van der Waals surface area (Å²) in [5.41, 5.74) is 0. The Morgan fingerprint density at radius 3 is 1.90 bits per heavy atom. The lowest BCUT2D eigenvalue weighted by molar-refractivity contribution is -0.280. The van der Waals surface area contributed by atoms with E-state index < -0.39 is 6.48 Å². The van der Waals surface area contributed by atoms with Gasteiger partial charge in [0.25, 0.3) is 6.48 Å². The maximum absolute atomic E-state index is 5.04. The van der Waals surface area contributed by atoms with E-state index in [0.29, 0.717) is 19.8 Å². The normalized spacial score (nSPS) is 10.8. The van der Waals surface area contributed by atoms with Crippen molar-refractivity contribution < 1.29 is 14.2 Å². The van der Waals surface area contributed by atoms with Gasteiger partial charge in [0.15, 0.2) is 0 Å². The van der Waals surface area contributed by atoms with Crippen molar-refractivity contribution in [1.29, 1.82) is 0 Å². The second-order valence-corrected chi connectivity index (χ2v) is 1.57. The van der Waals surface area contributed by atoms with Crippen LogP contribution in [0.3, 0.4) is 0 Å². The van der Waals surface area contributed by atoms with Gasteiger partial charge in [0, 0.05) is 13.2 Å². The first kappa shape index (κ1) is 9.88. The van der Waals surface area contributed by atoms with Crippen LogP contribution in [-0.2, 0) is 14.2 Å². The predicted octanol–water partition coefficient (Wildman–Crippen LogP) is 1.19. The summed E-state index contributed by atoms with van der Waals surface area (Å²) in [4.78, 5) is 0. The average molecular weight is 147 g/mol. The van der Waals surface area contributed by atoms with Gasteiger partial charge in [-0.25, -0.2) is 0 Å². The van der Waals surface area contributed by atoms with Crippen molar-refractivity contribution in [2.75, 3.05) is 19.8 Å². The molecule has 0 aromatic rings. The Labute approximate surface area is 62.3 Å². The number of rotatable bonds is 6. The molecule has 0 heterocycles. The molecule has 0 spiro atoms. The van der Waals surface area contributed by atoms with Gasteiger partial charge in [-0.2, -0.15) is 0 Å². The second-order valence-electron chi connectivity index (χ2n) is 1.57. The van der Waals surface area contributed by atoms with Gasteiger partial charge >= 0.3 is 0 Å². The van der Waals surface area contributed by atoms with Crippen LogP contribution in [0.1, 0.15) is 13.8 Å². The van der Waals surface area contributed by atoms with Crippen LogP contribution in [0.2, 0.25) is 0 Å². The lowest BCUT2D eigenvalue weighted by atomic mass is 10.8. The molecule has 0 N–H and O–H groups in total. The standard InChI is InChI=1S/C7H15O3/c1-4-8-7(9-5-2)10-6-3/h7H,1,4-6H2,2-3H3. The first-order valence-electron chi connectivity index (χ1n) is 3.49. The summed E-state index contributed by atoms with van der Waals surface area (Å²) in [6, 6.07) is 0. The molecule has 0 aromatic heterocycles. The minimum absolute atomic E-state index is 0.366. The smallest absolute Gasteiger partial charge is 0.271 e. The summed E-state index contributed by atoms with van der Waals surface area (Å²) in [7, 11) is 0. The number of hydrogen-bond acceptors (Lipinski definition) is 3. The molecule has 1 radical (unpaired) electrons. The molecule has 0 unspecified atom stereocenters. The molecule has 0 fully saturated rings. The molecule has 3 heteroatoms. The fourth-order valence-electron chi connectivity index (χ4n) is 0.513. The van der Waals surface area contributed by atoms with Crippen molar-refractivity contribution in [1.82, 2.24) is 0 Å². The monoisotopic (exact) mass is 147 g/mol. The third kappa shape index (κ3) is 4.73. The zero-order valence-corrected chi connectivity index (χ0v) is 6.63. The molecule has 10 heavy (non-hydrogen) atoms. The number of ether oxygens (including phenoxy) is 3. The van der Waals surface area contributed by atoms with Crippen molar-refractivity contribution in [2.24, 2.45) is 0 Å². The molecule has 0 saturated carbocycles.